The number of ether oxygens (including phenoxy) is 1. The third-order valence-electron chi connectivity index (χ3n) is 5.55. The lowest BCUT2D eigenvalue weighted by Gasteiger charge is -2.26. The molecule has 2 rings (SSSR count). The predicted octanol–water partition coefficient (Wildman–Crippen LogP) is 6.55. The highest BCUT2D eigenvalue weighted by atomic mass is 16.5. The second-order valence-electron chi connectivity index (χ2n) is 7.73. The zero-order valence-corrected chi connectivity index (χ0v) is 17.1. The lowest BCUT2D eigenvalue weighted by molar-refractivity contribution is -0.140. The molecule has 0 aromatic heterocycles. The Morgan fingerprint density at radius 3 is 2.57 bits per heavy atom. The molecule has 0 N–H and O–H groups in total. The van der Waals surface area contributed by atoms with E-state index < -0.39 is 0 Å². The molecule has 1 fully saturated rings. The van der Waals surface area contributed by atoms with Crippen LogP contribution in [0.5, 0.6) is 5.75 Å². The van der Waals surface area contributed by atoms with Crippen LogP contribution in [-0.4, -0.2) is 5.97 Å². The normalized spacial score (nSPS) is 19.7. The molecule has 0 aliphatic heterocycles. The molecule has 28 heavy (non-hydrogen) atoms. The van der Waals surface area contributed by atoms with Gasteiger partial charge in [-0.25, -0.2) is 0 Å². The fraction of sp³-hybridized carbons (Fsp3) is 0.520. The van der Waals surface area contributed by atoms with Gasteiger partial charge in [-0.2, -0.15) is 5.26 Å². The number of carbonyl (C=O) groups excluding carboxylic acids is 1. The zero-order chi connectivity index (χ0) is 20.0. The highest BCUT2D eigenvalue weighted by Crippen LogP contribution is 2.32. The van der Waals surface area contributed by atoms with Crippen LogP contribution in [0.3, 0.4) is 0 Å². The van der Waals surface area contributed by atoms with Crippen LogP contribution >= 0.6 is 0 Å². The lowest BCUT2D eigenvalue weighted by Crippen LogP contribution is -2.25. The Balaban J connectivity index is 1.68. The number of nitriles is 1. The molecule has 3 nitrogen and oxygen atoms in total. The maximum atomic E-state index is 12.5. The van der Waals surface area contributed by atoms with Crippen molar-refractivity contribution in [3.05, 3.63) is 54.1 Å². The molecule has 0 spiro atoms. The summed E-state index contributed by atoms with van der Waals surface area (Å²) >= 11 is 0. The van der Waals surface area contributed by atoms with Gasteiger partial charge in [-0.1, -0.05) is 50.1 Å². The van der Waals surface area contributed by atoms with Gasteiger partial charge < -0.3 is 4.74 Å². The van der Waals surface area contributed by atoms with Crippen molar-refractivity contribution >= 4 is 5.97 Å². The molecule has 0 saturated heterocycles. The summed E-state index contributed by atoms with van der Waals surface area (Å²) in [6.07, 6.45) is 18.3. The van der Waals surface area contributed by atoms with Gasteiger partial charge in [0.2, 0.25) is 0 Å². The highest BCUT2D eigenvalue weighted by molar-refractivity contribution is 5.75. The minimum Gasteiger partial charge on any atom is -0.426 e. The lowest BCUT2D eigenvalue weighted by atomic mass is 9.80. The number of hydrogen-bond donors (Lipinski definition) is 0. The molecular weight excluding hydrogens is 346 g/mol. The Morgan fingerprint density at radius 1 is 1.14 bits per heavy atom. The third-order valence-corrected chi connectivity index (χ3v) is 5.55. The van der Waals surface area contributed by atoms with Gasteiger partial charge in [-0.15, -0.1) is 0 Å². The van der Waals surface area contributed by atoms with Crippen LogP contribution in [0.4, 0.5) is 0 Å². The molecule has 1 saturated carbocycles. The van der Waals surface area contributed by atoms with Gasteiger partial charge in [-0.3, -0.25) is 4.79 Å². The molecule has 0 atom stereocenters. The number of unbranched alkanes of at least 4 members (excludes halogenated alkanes) is 2. The summed E-state index contributed by atoms with van der Waals surface area (Å²) in [5, 5.41) is 8.43. The quantitative estimate of drug-likeness (QED) is 0.152. The van der Waals surface area contributed by atoms with Gasteiger partial charge >= 0.3 is 5.97 Å². The first-order valence-electron chi connectivity index (χ1n) is 10.7. The number of allylic oxidation sites excluding steroid dienone is 4. The largest absolute Gasteiger partial charge is 0.426 e. The van der Waals surface area contributed by atoms with Crippen LogP contribution < -0.4 is 4.74 Å². The van der Waals surface area contributed by atoms with Gasteiger partial charge in [-0.05, 0) is 75.0 Å². The number of rotatable bonds is 10. The smallest absolute Gasteiger partial charge is 0.314 e. The molecule has 1 aromatic rings. The van der Waals surface area contributed by atoms with Crippen molar-refractivity contribution < 1.29 is 9.53 Å². The summed E-state index contributed by atoms with van der Waals surface area (Å²) in [5.74, 6) is 1.33. The molecule has 1 aromatic carbocycles. The summed E-state index contributed by atoms with van der Waals surface area (Å²) in [7, 11) is 0. The first-order valence-corrected chi connectivity index (χ1v) is 10.7. The average Bonchev–Trinajstić information content (AvgIpc) is 2.72. The Hall–Kier alpha value is -2.34. The third kappa shape index (κ3) is 8.13. The Morgan fingerprint density at radius 2 is 1.89 bits per heavy atom. The fourth-order valence-electron chi connectivity index (χ4n) is 3.79. The topological polar surface area (TPSA) is 50.1 Å². The van der Waals surface area contributed by atoms with Crippen molar-refractivity contribution in [3.63, 3.8) is 0 Å². The molecule has 0 heterocycles. The van der Waals surface area contributed by atoms with Crippen molar-refractivity contribution in [3.8, 4) is 11.8 Å². The van der Waals surface area contributed by atoms with E-state index in [0.717, 1.165) is 44.9 Å². The molecule has 0 unspecified atom stereocenters. The van der Waals surface area contributed by atoms with Crippen LogP contribution in [0, 0.1) is 23.2 Å². The second-order valence-corrected chi connectivity index (χ2v) is 7.73. The van der Waals surface area contributed by atoms with E-state index in [1.54, 1.807) is 6.08 Å². The highest BCUT2D eigenvalue weighted by Gasteiger charge is 2.27. The molecule has 0 amide bonds. The number of hydrogen-bond acceptors (Lipinski definition) is 3. The van der Waals surface area contributed by atoms with Gasteiger partial charge in [0.25, 0.3) is 0 Å². The van der Waals surface area contributed by atoms with E-state index in [9.17, 15) is 4.79 Å². The van der Waals surface area contributed by atoms with E-state index in [4.69, 9.17) is 10.00 Å². The first kappa shape index (κ1) is 22.0. The number of benzene rings is 1. The molecule has 0 bridgehead atoms. The molecule has 0 radical (unpaired) electrons. The van der Waals surface area contributed by atoms with Crippen LogP contribution in [-0.2, 0) is 11.2 Å². The monoisotopic (exact) mass is 379 g/mol. The van der Waals surface area contributed by atoms with Crippen molar-refractivity contribution in [2.24, 2.45) is 11.8 Å². The van der Waals surface area contributed by atoms with E-state index in [2.05, 4.69) is 25.1 Å². The van der Waals surface area contributed by atoms with Gasteiger partial charge in [0, 0.05) is 6.08 Å². The summed E-state index contributed by atoms with van der Waals surface area (Å²) < 4.78 is 5.62. The number of carbonyl (C=O) groups is 1. The minimum absolute atomic E-state index is 0.0367. The second kappa shape index (κ2) is 12.9. The Labute approximate surface area is 170 Å². The predicted molar refractivity (Wildman–Crippen MR) is 114 cm³/mol. The Kier molecular flexibility index (Phi) is 10.1. The van der Waals surface area contributed by atoms with E-state index in [0.29, 0.717) is 11.7 Å². The van der Waals surface area contributed by atoms with Crippen LogP contribution in [0.25, 0.3) is 0 Å². The molecule has 150 valence electrons. The van der Waals surface area contributed by atoms with Crippen molar-refractivity contribution in [2.45, 2.75) is 71.1 Å². The van der Waals surface area contributed by atoms with Crippen molar-refractivity contribution in [2.75, 3.05) is 0 Å². The standard InChI is InChI=1S/C25H33NO2/c1-2-3-7-10-22-14-18-24(19-15-22)28-25(27)23-16-12-21(13-17-23)11-8-5-4-6-9-20-26/h4-6,9,14-15,18-19,21,23H,2-3,7-8,10-13,16-17H2,1H3/t21-,23-. The van der Waals surface area contributed by atoms with E-state index in [1.807, 2.05) is 24.3 Å². The van der Waals surface area contributed by atoms with Gasteiger partial charge in [0.05, 0.1) is 12.0 Å². The maximum absolute atomic E-state index is 12.5. The van der Waals surface area contributed by atoms with Crippen molar-refractivity contribution in [1.82, 2.24) is 0 Å². The number of aryl methyl sites for hydroxylation is 1. The van der Waals surface area contributed by atoms with Crippen LogP contribution in [0.2, 0.25) is 0 Å². The average molecular weight is 380 g/mol. The summed E-state index contributed by atoms with van der Waals surface area (Å²) in [6, 6.07) is 9.99. The molecule has 1 aliphatic rings. The van der Waals surface area contributed by atoms with Gasteiger partial charge in [0.1, 0.15) is 5.75 Å². The van der Waals surface area contributed by atoms with Gasteiger partial charge in [0.15, 0.2) is 0 Å². The molecule has 3 heteroatoms. The van der Waals surface area contributed by atoms with Crippen LogP contribution in [0.15, 0.2) is 48.6 Å². The first-order chi connectivity index (χ1) is 13.7. The van der Waals surface area contributed by atoms with E-state index >= 15 is 0 Å². The number of nitrogens with zero attached hydrogens (tertiary/aromatic N) is 1. The molecule has 1 aliphatic carbocycles. The zero-order valence-electron chi connectivity index (χ0n) is 17.1. The fourth-order valence-corrected chi connectivity index (χ4v) is 3.79. The van der Waals surface area contributed by atoms with E-state index in [-0.39, 0.29) is 11.9 Å². The van der Waals surface area contributed by atoms with E-state index in [1.165, 1.54) is 30.9 Å². The number of esters is 1. The molecular formula is C25H33NO2. The summed E-state index contributed by atoms with van der Waals surface area (Å²) in [6.45, 7) is 2.21. The van der Waals surface area contributed by atoms with Crippen LogP contribution in [0.1, 0.15) is 70.3 Å². The summed E-state index contributed by atoms with van der Waals surface area (Å²) in [4.78, 5) is 12.5. The van der Waals surface area contributed by atoms with Crippen molar-refractivity contribution in [1.29, 1.82) is 5.26 Å². The SMILES string of the molecule is CCCCCc1ccc(OC(=O)[C@H]2CC[C@H](CCC=CC=CC#N)CC2)cc1. The summed E-state index contributed by atoms with van der Waals surface area (Å²) in [5.41, 5.74) is 1.31. The Bertz CT molecular complexity index is 673. The minimum atomic E-state index is -0.0706. The maximum Gasteiger partial charge on any atom is 0.314 e.